The van der Waals surface area contributed by atoms with E-state index >= 15 is 0 Å². The summed E-state index contributed by atoms with van der Waals surface area (Å²) in [5.41, 5.74) is 4.72. The van der Waals surface area contributed by atoms with Crippen LogP contribution in [0.1, 0.15) is 55.0 Å². The summed E-state index contributed by atoms with van der Waals surface area (Å²) in [7, 11) is 0. The monoisotopic (exact) mass is 298 g/mol. The van der Waals surface area contributed by atoms with Crippen LogP contribution in [0, 0.1) is 26.7 Å². The van der Waals surface area contributed by atoms with Gasteiger partial charge < -0.3 is 5.11 Å². The van der Waals surface area contributed by atoms with Crippen molar-refractivity contribution in [1.82, 2.24) is 0 Å². The van der Waals surface area contributed by atoms with Crippen LogP contribution >= 0.6 is 15.9 Å². The van der Waals surface area contributed by atoms with Gasteiger partial charge in [-0.05, 0) is 48.9 Å². The maximum absolute atomic E-state index is 10.5. The molecule has 1 rings (SSSR count). The molecule has 0 heterocycles. The predicted molar refractivity (Wildman–Crippen MR) is 77.4 cm³/mol. The molecule has 0 saturated heterocycles. The molecule has 0 spiro atoms. The van der Waals surface area contributed by atoms with Crippen molar-refractivity contribution >= 4 is 15.9 Å². The van der Waals surface area contributed by atoms with Gasteiger partial charge in [0.1, 0.15) is 0 Å². The van der Waals surface area contributed by atoms with Crippen LogP contribution in [0.15, 0.2) is 10.5 Å². The molecule has 1 N–H and O–H groups in total. The summed E-state index contributed by atoms with van der Waals surface area (Å²) in [5.74, 6) is 0.349. The van der Waals surface area contributed by atoms with Gasteiger partial charge in [0.2, 0.25) is 0 Å². The van der Waals surface area contributed by atoms with Crippen molar-refractivity contribution in [2.75, 3.05) is 0 Å². The summed E-state index contributed by atoms with van der Waals surface area (Å²) in [5, 5.41) is 10.5. The maximum atomic E-state index is 10.5. The molecule has 0 saturated carbocycles. The molecule has 0 aliphatic carbocycles. The Morgan fingerprint density at radius 2 is 1.65 bits per heavy atom. The van der Waals surface area contributed by atoms with Crippen molar-refractivity contribution in [1.29, 1.82) is 0 Å². The first-order chi connectivity index (χ1) is 7.93. The van der Waals surface area contributed by atoms with E-state index in [0.717, 1.165) is 22.9 Å². The van der Waals surface area contributed by atoms with E-state index in [1.807, 2.05) is 0 Å². The van der Waals surface area contributed by atoms with Crippen molar-refractivity contribution in [3.05, 3.63) is 32.8 Å². The second-order valence-corrected chi connectivity index (χ2v) is 5.68. The maximum Gasteiger partial charge on any atom is 0.0823 e. The van der Waals surface area contributed by atoms with E-state index in [1.54, 1.807) is 0 Å². The molecular weight excluding hydrogens is 276 g/mol. The number of hydrogen-bond acceptors (Lipinski definition) is 1. The minimum Gasteiger partial charge on any atom is -0.388 e. The van der Waals surface area contributed by atoms with Gasteiger partial charge in [0.05, 0.1) is 6.10 Å². The van der Waals surface area contributed by atoms with Gasteiger partial charge in [-0.2, -0.15) is 0 Å². The van der Waals surface area contributed by atoms with E-state index in [9.17, 15) is 5.11 Å². The Kier molecular flexibility index (Phi) is 5.21. The molecule has 0 aliphatic rings. The van der Waals surface area contributed by atoms with E-state index in [1.165, 1.54) is 16.7 Å². The van der Waals surface area contributed by atoms with E-state index < -0.39 is 0 Å². The highest BCUT2D eigenvalue weighted by Gasteiger charge is 2.22. The molecule has 1 nitrogen and oxygen atoms in total. The first-order valence-corrected chi connectivity index (χ1v) is 7.17. The lowest BCUT2D eigenvalue weighted by molar-refractivity contribution is 0.102. The number of aliphatic hydroxyl groups is 1. The Labute approximate surface area is 113 Å². The molecule has 0 bridgehead atoms. The van der Waals surface area contributed by atoms with E-state index in [2.05, 4.69) is 56.6 Å². The van der Waals surface area contributed by atoms with Crippen LogP contribution in [0.4, 0.5) is 0 Å². The second-order valence-electron chi connectivity index (χ2n) is 4.88. The lowest BCUT2D eigenvalue weighted by Gasteiger charge is -2.25. The molecule has 2 heteroatoms. The van der Waals surface area contributed by atoms with Crippen LogP contribution in [-0.2, 0) is 0 Å². The predicted octanol–water partition coefficient (Wildman–Crippen LogP) is 4.84. The van der Waals surface area contributed by atoms with Gasteiger partial charge >= 0.3 is 0 Å². The zero-order valence-electron chi connectivity index (χ0n) is 11.5. The molecule has 1 atom stereocenters. The Morgan fingerprint density at radius 1 is 1.12 bits per heavy atom. The molecule has 0 amide bonds. The van der Waals surface area contributed by atoms with Crippen molar-refractivity contribution in [2.24, 2.45) is 5.92 Å². The highest BCUT2D eigenvalue weighted by atomic mass is 79.9. The van der Waals surface area contributed by atoms with Gasteiger partial charge in [0.15, 0.2) is 0 Å². The van der Waals surface area contributed by atoms with Gasteiger partial charge in [0.25, 0.3) is 0 Å². The number of aliphatic hydroxyl groups excluding tert-OH is 1. The molecule has 96 valence electrons. The fourth-order valence-electron chi connectivity index (χ4n) is 2.60. The van der Waals surface area contributed by atoms with Gasteiger partial charge in [-0.15, -0.1) is 0 Å². The topological polar surface area (TPSA) is 20.2 Å². The van der Waals surface area contributed by atoms with Crippen LogP contribution in [0.5, 0.6) is 0 Å². The van der Waals surface area contributed by atoms with E-state index in [0.29, 0.717) is 5.92 Å². The first-order valence-electron chi connectivity index (χ1n) is 6.38. The Morgan fingerprint density at radius 3 is 2.12 bits per heavy atom. The summed E-state index contributed by atoms with van der Waals surface area (Å²) >= 11 is 3.61. The standard InChI is InChI=1S/C15H23BrO/c1-6-12(7-2)15(17)13-9(3)8-10(4)14(16)11(13)5/h8,12,15,17H,6-7H2,1-5H3. The third kappa shape index (κ3) is 2.92. The molecule has 1 aromatic carbocycles. The zero-order valence-corrected chi connectivity index (χ0v) is 13.1. The minimum absolute atomic E-state index is 0.345. The molecule has 0 radical (unpaired) electrons. The molecule has 0 aliphatic heterocycles. The molecular formula is C15H23BrO. The SMILES string of the molecule is CCC(CC)C(O)c1c(C)cc(C)c(Br)c1C. The zero-order chi connectivity index (χ0) is 13.2. The van der Waals surface area contributed by atoms with Crippen molar-refractivity contribution in [3.63, 3.8) is 0 Å². The lowest BCUT2D eigenvalue weighted by atomic mass is 9.86. The highest BCUT2D eigenvalue weighted by molar-refractivity contribution is 9.10. The molecule has 1 unspecified atom stereocenters. The second kappa shape index (κ2) is 6.01. The van der Waals surface area contributed by atoms with Gasteiger partial charge in [0, 0.05) is 4.47 Å². The number of benzene rings is 1. The molecule has 17 heavy (non-hydrogen) atoms. The van der Waals surface area contributed by atoms with Crippen LogP contribution < -0.4 is 0 Å². The number of hydrogen-bond donors (Lipinski definition) is 1. The van der Waals surface area contributed by atoms with Crippen LogP contribution in [0.2, 0.25) is 0 Å². The Balaban J connectivity index is 3.26. The third-order valence-electron chi connectivity index (χ3n) is 3.73. The van der Waals surface area contributed by atoms with Crippen molar-refractivity contribution in [3.8, 4) is 0 Å². The molecule has 0 aromatic heterocycles. The van der Waals surface area contributed by atoms with Crippen LogP contribution in [0.25, 0.3) is 0 Å². The number of rotatable bonds is 4. The van der Waals surface area contributed by atoms with Gasteiger partial charge in [-0.25, -0.2) is 0 Å². The van der Waals surface area contributed by atoms with Crippen molar-refractivity contribution < 1.29 is 5.11 Å². The van der Waals surface area contributed by atoms with E-state index in [4.69, 9.17) is 0 Å². The highest BCUT2D eigenvalue weighted by Crippen LogP contribution is 2.36. The largest absolute Gasteiger partial charge is 0.388 e. The smallest absolute Gasteiger partial charge is 0.0823 e. The fraction of sp³-hybridized carbons (Fsp3) is 0.600. The summed E-state index contributed by atoms with van der Waals surface area (Å²) in [6.45, 7) is 10.6. The number of halogens is 1. The first kappa shape index (κ1) is 14.7. The summed E-state index contributed by atoms with van der Waals surface area (Å²) in [6.07, 6.45) is 1.69. The van der Waals surface area contributed by atoms with E-state index in [-0.39, 0.29) is 6.10 Å². The summed E-state index contributed by atoms with van der Waals surface area (Å²) in [4.78, 5) is 0. The Bertz CT molecular complexity index is 394. The average Bonchev–Trinajstić information content (AvgIpc) is 2.28. The summed E-state index contributed by atoms with van der Waals surface area (Å²) in [6, 6.07) is 2.15. The summed E-state index contributed by atoms with van der Waals surface area (Å²) < 4.78 is 1.13. The fourth-order valence-corrected chi connectivity index (χ4v) is 2.93. The van der Waals surface area contributed by atoms with Crippen LogP contribution in [0.3, 0.4) is 0 Å². The molecule has 0 fully saturated rings. The normalized spacial score (nSPS) is 13.2. The average molecular weight is 299 g/mol. The number of aryl methyl sites for hydroxylation is 2. The lowest BCUT2D eigenvalue weighted by Crippen LogP contribution is -2.14. The van der Waals surface area contributed by atoms with Crippen LogP contribution in [-0.4, -0.2) is 5.11 Å². The minimum atomic E-state index is -0.345. The quantitative estimate of drug-likeness (QED) is 0.843. The molecule has 1 aromatic rings. The third-order valence-corrected chi connectivity index (χ3v) is 4.95. The van der Waals surface area contributed by atoms with Gasteiger partial charge in [-0.3, -0.25) is 0 Å². The van der Waals surface area contributed by atoms with Crippen molar-refractivity contribution in [2.45, 2.75) is 53.6 Å². The Hall–Kier alpha value is -0.340. The van der Waals surface area contributed by atoms with Gasteiger partial charge in [-0.1, -0.05) is 48.7 Å².